The fourth-order valence-corrected chi connectivity index (χ4v) is 2.71. The molecule has 0 unspecified atom stereocenters. The molecule has 0 aliphatic carbocycles. The van der Waals surface area contributed by atoms with Crippen molar-refractivity contribution in [1.82, 2.24) is 4.98 Å². The van der Waals surface area contributed by atoms with Crippen LogP contribution < -0.4 is 5.14 Å². The lowest BCUT2D eigenvalue weighted by Gasteiger charge is -2.07. The summed E-state index contributed by atoms with van der Waals surface area (Å²) in [5, 5.41) is 4.78. The summed E-state index contributed by atoms with van der Waals surface area (Å²) < 4.78 is 46.6. The summed E-state index contributed by atoms with van der Waals surface area (Å²) in [6.45, 7) is 0. The number of halogens is 3. The molecule has 8 heteroatoms. The molecule has 0 fully saturated rings. The first-order valence-electron chi connectivity index (χ1n) is 3.28. The molecule has 1 aromatic rings. The van der Waals surface area contributed by atoms with Gasteiger partial charge >= 0.3 is 0 Å². The Hall–Kier alpha value is -0.600. The second-order valence-corrected chi connectivity index (χ2v) is 4.74. The van der Waals surface area contributed by atoms with Crippen molar-refractivity contribution >= 4 is 26.0 Å². The maximum Gasteiger partial charge on any atom is 0.266 e. The topological polar surface area (TPSA) is 73.1 Å². The lowest BCUT2D eigenvalue weighted by atomic mass is 10.3. The maximum atomic E-state index is 12.4. The number of hydrogen-bond acceptors (Lipinski definition) is 3. The summed E-state index contributed by atoms with van der Waals surface area (Å²) in [4.78, 5) is 2.81. The number of primary sulfonamides is 1. The molecule has 0 aliphatic rings. The molecule has 2 N–H and O–H groups in total. The second-order valence-electron chi connectivity index (χ2n) is 2.39. The molecule has 0 aromatic carbocycles. The predicted molar refractivity (Wildman–Crippen MR) is 48.3 cm³/mol. The average molecular weight is 287 g/mol. The Morgan fingerprint density at radius 1 is 1.43 bits per heavy atom. The van der Waals surface area contributed by atoms with Crippen molar-refractivity contribution in [2.75, 3.05) is 0 Å². The number of aromatic nitrogens is 1. The molecule has 1 rings (SSSR count). The summed E-state index contributed by atoms with van der Waals surface area (Å²) in [6.07, 6.45) is -1.07. The van der Waals surface area contributed by atoms with Gasteiger partial charge in [0.25, 0.3) is 6.43 Å². The number of rotatable bonds is 2. The zero-order valence-corrected chi connectivity index (χ0v) is 9.02. The molecule has 0 aliphatic heterocycles. The molecule has 0 spiro atoms. The normalized spacial score (nSPS) is 12.1. The van der Waals surface area contributed by atoms with Gasteiger partial charge in [-0.1, -0.05) is 0 Å². The highest BCUT2D eigenvalue weighted by atomic mass is 79.9. The average Bonchev–Trinajstić information content (AvgIpc) is 2.01. The van der Waals surface area contributed by atoms with Crippen LogP contribution in [0.5, 0.6) is 0 Å². The van der Waals surface area contributed by atoms with E-state index in [2.05, 4.69) is 20.9 Å². The van der Waals surface area contributed by atoms with E-state index in [1.165, 1.54) is 0 Å². The van der Waals surface area contributed by atoms with Crippen molar-refractivity contribution in [2.45, 2.75) is 11.3 Å². The van der Waals surface area contributed by atoms with Gasteiger partial charge in [-0.15, -0.1) is 0 Å². The Morgan fingerprint density at radius 3 is 2.36 bits per heavy atom. The molecule has 0 amide bonds. The molecule has 1 heterocycles. The lowest BCUT2D eigenvalue weighted by molar-refractivity contribution is 0.147. The van der Waals surface area contributed by atoms with Crippen molar-refractivity contribution in [3.63, 3.8) is 0 Å². The van der Waals surface area contributed by atoms with Gasteiger partial charge in [0.05, 0.1) is 10.0 Å². The summed E-state index contributed by atoms with van der Waals surface area (Å²) in [5.41, 5.74) is -0.707. The van der Waals surface area contributed by atoms with Crippen LogP contribution in [0.15, 0.2) is 21.8 Å². The monoisotopic (exact) mass is 286 g/mol. The van der Waals surface area contributed by atoms with Crippen LogP contribution in [0.3, 0.4) is 0 Å². The summed E-state index contributed by atoms with van der Waals surface area (Å²) in [6, 6.07) is 0. The molecular formula is C6H5BrF2N2O2S. The standard InChI is InChI=1S/C6H5BrF2N2O2S/c7-4-2-11-1-3(6(8)9)5(4)14(10,12)13/h1-2,6H,(H2,10,12,13). The van der Waals surface area contributed by atoms with Gasteiger partial charge in [0.15, 0.2) is 0 Å². The Bertz CT molecular complexity index is 449. The molecule has 0 saturated heterocycles. The minimum absolute atomic E-state index is 0.0715. The first-order chi connectivity index (χ1) is 6.34. The Kier molecular flexibility index (Phi) is 3.17. The largest absolute Gasteiger partial charge is 0.266 e. The molecule has 0 atom stereocenters. The molecule has 78 valence electrons. The number of nitrogens with two attached hydrogens (primary N) is 1. The Morgan fingerprint density at radius 2 is 2.00 bits per heavy atom. The third kappa shape index (κ3) is 2.25. The molecule has 0 bridgehead atoms. The minimum Gasteiger partial charge on any atom is -0.263 e. The van der Waals surface area contributed by atoms with Crippen molar-refractivity contribution < 1.29 is 17.2 Å². The Balaban J connectivity index is 3.54. The van der Waals surface area contributed by atoms with Gasteiger partial charge in [-0.05, 0) is 15.9 Å². The first-order valence-corrected chi connectivity index (χ1v) is 5.62. The second kappa shape index (κ2) is 3.87. The van der Waals surface area contributed by atoms with E-state index in [0.717, 1.165) is 12.4 Å². The van der Waals surface area contributed by atoms with E-state index in [9.17, 15) is 17.2 Å². The van der Waals surface area contributed by atoms with E-state index < -0.39 is 26.9 Å². The molecule has 1 aromatic heterocycles. The number of nitrogens with zero attached hydrogens (tertiary/aromatic N) is 1. The fraction of sp³-hybridized carbons (Fsp3) is 0.167. The van der Waals surface area contributed by atoms with Crippen LogP contribution in [0, 0.1) is 0 Å². The Labute approximate surface area is 87.3 Å². The number of hydrogen-bond donors (Lipinski definition) is 1. The molecule has 14 heavy (non-hydrogen) atoms. The predicted octanol–water partition coefficient (Wildman–Crippen LogP) is 1.43. The fourth-order valence-electron chi connectivity index (χ4n) is 0.894. The van der Waals surface area contributed by atoms with Crippen molar-refractivity contribution in [2.24, 2.45) is 5.14 Å². The van der Waals surface area contributed by atoms with Gasteiger partial charge in [0.1, 0.15) is 4.90 Å². The van der Waals surface area contributed by atoms with Crippen molar-refractivity contribution in [1.29, 1.82) is 0 Å². The van der Waals surface area contributed by atoms with Gasteiger partial charge in [-0.3, -0.25) is 4.98 Å². The van der Waals surface area contributed by atoms with E-state index in [-0.39, 0.29) is 4.47 Å². The third-order valence-corrected chi connectivity index (χ3v) is 3.29. The van der Waals surface area contributed by atoms with Crippen LogP contribution >= 0.6 is 15.9 Å². The van der Waals surface area contributed by atoms with Crippen molar-refractivity contribution in [3.05, 3.63) is 22.4 Å². The van der Waals surface area contributed by atoms with Crippen LogP contribution in [0.25, 0.3) is 0 Å². The number of alkyl halides is 2. The van der Waals surface area contributed by atoms with E-state index in [1.54, 1.807) is 0 Å². The third-order valence-electron chi connectivity index (χ3n) is 1.40. The van der Waals surface area contributed by atoms with Crippen molar-refractivity contribution in [3.8, 4) is 0 Å². The first kappa shape index (κ1) is 11.5. The van der Waals surface area contributed by atoms with Gasteiger partial charge in [0, 0.05) is 12.4 Å². The zero-order chi connectivity index (χ0) is 10.9. The molecular weight excluding hydrogens is 282 g/mol. The highest BCUT2D eigenvalue weighted by molar-refractivity contribution is 9.10. The van der Waals surface area contributed by atoms with E-state index in [1.807, 2.05) is 0 Å². The van der Waals surface area contributed by atoms with Crippen LogP contribution in [-0.4, -0.2) is 13.4 Å². The van der Waals surface area contributed by atoms with Gasteiger partial charge in [0.2, 0.25) is 10.0 Å². The van der Waals surface area contributed by atoms with E-state index in [4.69, 9.17) is 5.14 Å². The highest BCUT2D eigenvalue weighted by Gasteiger charge is 2.23. The molecule has 0 saturated carbocycles. The smallest absolute Gasteiger partial charge is 0.263 e. The quantitative estimate of drug-likeness (QED) is 0.894. The summed E-state index contributed by atoms with van der Waals surface area (Å²) in [5.74, 6) is 0. The van der Waals surface area contributed by atoms with Gasteiger partial charge in [-0.2, -0.15) is 0 Å². The van der Waals surface area contributed by atoms with Crippen LogP contribution in [0.1, 0.15) is 12.0 Å². The van der Waals surface area contributed by atoms with Crippen LogP contribution in [0.2, 0.25) is 0 Å². The van der Waals surface area contributed by atoms with Crippen LogP contribution in [-0.2, 0) is 10.0 Å². The number of sulfonamides is 1. The zero-order valence-electron chi connectivity index (χ0n) is 6.62. The van der Waals surface area contributed by atoms with Gasteiger partial charge < -0.3 is 0 Å². The minimum atomic E-state index is -4.18. The number of pyridine rings is 1. The highest BCUT2D eigenvalue weighted by Crippen LogP contribution is 2.30. The molecule has 4 nitrogen and oxygen atoms in total. The van der Waals surface area contributed by atoms with E-state index >= 15 is 0 Å². The SMILES string of the molecule is NS(=O)(=O)c1c(Br)cncc1C(F)F. The van der Waals surface area contributed by atoms with E-state index in [0.29, 0.717) is 0 Å². The van der Waals surface area contributed by atoms with Gasteiger partial charge in [-0.25, -0.2) is 22.3 Å². The lowest BCUT2D eigenvalue weighted by Crippen LogP contribution is -2.15. The summed E-state index contributed by atoms with van der Waals surface area (Å²) >= 11 is 2.80. The maximum absolute atomic E-state index is 12.4. The summed E-state index contributed by atoms with van der Waals surface area (Å²) in [7, 11) is -4.18. The van der Waals surface area contributed by atoms with Crippen LogP contribution in [0.4, 0.5) is 8.78 Å². The molecule has 0 radical (unpaired) electrons.